The maximum Gasteiger partial charge on any atom is 0.316 e. The second-order valence-electron chi connectivity index (χ2n) is 0.699. The van der Waals surface area contributed by atoms with Crippen LogP contribution in [0.1, 0.15) is 6.92 Å². The summed E-state index contributed by atoms with van der Waals surface area (Å²) in [7, 11) is -2.64. The van der Waals surface area contributed by atoms with Crippen molar-refractivity contribution >= 4 is 8.25 Å². The molecule has 1 radical (unpaired) electrons. The molecule has 0 rings (SSSR count). The van der Waals surface area contributed by atoms with Crippen LogP contribution in [0.15, 0.2) is 0 Å². The number of rotatable bonds is 2. The fourth-order valence-electron chi connectivity index (χ4n) is 0.123. The first-order valence-corrected chi connectivity index (χ1v) is 2.89. The van der Waals surface area contributed by atoms with E-state index in [1.165, 1.54) is 0 Å². The fraction of sp³-hybridized carbons (Fsp3) is 0.667. The van der Waals surface area contributed by atoms with E-state index in [1.807, 2.05) is 0 Å². The molecule has 1 unspecified atom stereocenters. The van der Waals surface area contributed by atoms with Crippen LogP contribution in [0.4, 0.5) is 0 Å². The van der Waals surface area contributed by atoms with Gasteiger partial charge in [-0.15, -0.1) is 0 Å². The van der Waals surface area contributed by atoms with Gasteiger partial charge in [0.1, 0.15) is 0 Å². The Labute approximate surface area is 75.6 Å². The molecule has 3 nitrogen and oxygen atoms in total. The van der Waals surface area contributed by atoms with Gasteiger partial charge in [-0.25, -0.2) is 0 Å². The van der Waals surface area contributed by atoms with E-state index < -0.39 is 8.25 Å². The average Bonchev–Trinajstić information content (AvgIpc) is 1.35. The van der Waals surface area contributed by atoms with Crippen molar-refractivity contribution < 1.29 is 46.7 Å². The van der Waals surface area contributed by atoms with Crippen molar-refractivity contribution in [3.8, 4) is 0 Å². The van der Waals surface area contributed by atoms with E-state index in [4.69, 9.17) is 4.89 Å². The molecule has 1 atom stereocenters. The van der Waals surface area contributed by atoms with Crippen molar-refractivity contribution in [2.75, 3.05) is 6.61 Å². The summed E-state index contributed by atoms with van der Waals surface area (Å²) in [6.45, 7) is 1.98. The van der Waals surface area contributed by atoms with E-state index in [2.05, 4.69) is 4.52 Å². The molecule has 0 spiro atoms. The Balaban J connectivity index is -0.000000125. The average molecular weight is 214 g/mol. The van der Waals surface area contributed by atoms with Crippen LogP contribution in [0.3, 0.4) is 0 Å². The van der Waals surface area contributed by atoms with Gasteiger partial charge in [0.2, 0.25) is 0 Å². The van der Waals surface area contributed by atoms with Gasteiger partial charge in [-0.1, -0.05) is 0 Å². The molecule has 49 valence electrons. The number of hydrogen-bond acceptors (Lipinski definition) is 2. The molecule has 0 bridgehead atoms. The van der Waals surface area contributed by atoms with Gasteiger partial charge in [-0.3, -0.25) is 4.57 Å². The van der Waals surface area contributed by atoms with Crippen molar-refractivity contribution in [1.29, 1.82) is 0 Å². The van der Waals surface area contributed by atoms with Crippen LogP contribution in [-0.4, -0.2) is 11.5 Å². The molecule has 0 aliphatic carbocycles. The van der Waals surface area contributed by atoms with Gasteiger partial charge < -0.3 is 16.8 Å². The Morgan fingerprint density at radius 3 is 2.12 bits per heavy atom. The van der Waals surface area contributed by atoms with Crippen LogP contribution < -0.4 is 0 Å². The molecule has 0 heterocycles. The van der Waals surface area contributed by atoms with Gasteiger partial charge in [0.15, 0.2) is 0 Å². The second-order valence-corrected chi connectivity index (χ2v) is 1.52. The van der Waals surface area contributed by atoms with Gasteiger partial charge >= 0.3 is 8.25 Å². The van der Waals surface area contributed by atoms with Crippen molar-refractivity contribution in [1.82, 2.24) is 0 Å². The third-order valence-electron chi connectivity index (χ3n) is 0.268. The molecule has 0 saturated carbocycles. The molecular formula is C3H10O3PY-. The van der Waals surface area contributed by atoms with Crippen LogP contribution in [0.2, 0.25) is 0 Å². The standard InChI is InChI=1S/C2H7O3P.CH3.Y/c1-2-5-6(3)4;;/h6H,2H2,1H3,(H,3,4);1H3;/q;-1;. The van der Waals surface area contributed by atoms with Crippen molar-refractivity contribution in [3.63, 3.8) is 0 Å². The molecule has 8 heavy (non-hydrogen) atoms. The van der Waals surface area contributed by atoms with Crippen LogP contribution in [0.5, 0.6) is 0 Å². The third-order valence-corrected chi connectivity index (χ3v) is 0.803. The van der Waals surface area contributed by atoms with Crippen LogP contribution in [0.25, 0.3) is 0 Å². The zero-order valence-electron chi connectivity index (χ0n) is 5.05. The predicted octanol–water partition coefficient (Wildman–Crippen LogP) is 0.853. The minimum Gasteiger partial charge on any atom is -0.358 e. The summed E-state index contributed by atoms with van der Waals surface area (Å²) in [5, 5.41) is 0. The molecule has 0 aromatic rings. The van der Waals surface area contributed by atoms with Crippen molar-refractivity contribution in [3.05, 3.63) is 7.43 Å². The van der Waals surface area contributed by atoms with Crippen LogP contribution in [0, 0.1) is 7.43 Å². The Bertz CT molecular complexity index is 58.5. The van der Waals surface area contributed by atoms with Gasteiger partial charge in [0, 0.05) is 32.7 Å². The maximum atomic E-state index is 9.56. The van der Waals surface area contributed by atoms with Crippen LogP contribution >= 0.6 is 8.25 Å². The smallest absolute Gasteiger partial charge is 0.316 e. The summed E-state index contributed by atoms with van der Waals surface area (Å²) in [5.41, 5.74) is 0. The SMILES string of the molecule is CCO[PH](=O)O.[CH3-].[Y]. The summed E-state index contributed by atoms with van der Waals surface area (Å²) in [5.74, 6) is 0. The largest absolute Gasteiger partial charge is 0.358 e. The first-order valence-electron chi connectivity index (χ1n) is 1.63. The zero-order chi connectivity index (χ0) is 4.99. The molecule has 1 N–H and O–H groups in total. The summed E-state index contributed by atoms with van der Waals surface area (Å²) in [6, 6.07) is 0. The molecule has 5 heteroatoms. The third kappa shape index (κ3) is 15.7. The van der Waals surface area contributed by atoms with Gasteiger partial charge in [0.25, 0.3) is 0 Å². The summed E-state index contributed by atoms with van der Waals surface area (Å²) in [4.78, 5) is 7.88. The van der Waals surface area contributed by atoms with Crippen molar-refractivity contribution in [2.24, 2.45) is 0 Å². The Kier molecular flexibility index (Phi) is 22.4. The number of hydrogen-bond donors (Lipinski definition) is 1. The fourth-order valence-corrected chi connectivity index (χ4v) is 0.370. The van der Waals surface area contributed by atoms with E-state index in [9.17, 15) is 4.57 Å². The molecule has 0 aromatic carbocycles. The molecule has 0 fully saturated rings. The van der Waals surface area contributed by atoms with E-state index in [1.54, 1.807) is 6.92 Å². The van der Waals surface area contributed by atoms with E-state index in [-0.39, 0.29) is 40.1 Å². The quantitative estimate of drug-likeness (QED) is 0.547. The van der Waals surface area contributed by atoms with Gasteiger partial charge in [-0.2, -0.15) is 0 Å². The molecule has 0 amide bonds. The molecule has 0 saturated heterocycles. The monoisotopic (exact) mass is 214 g/mol. The molecule has 0 aliphatic rings. The van der Waals surface area contributed by atoms with Gasteiger partial charge in [-0.05, 0) is 6.92 Å². The Hall–Kier alpha value is 1.25. The molecule has 0 aromatic heterocycles. The van der Waals surface area contributed by atoms with Crippen molar-refractivity contribution in [2.45, 2.75) is 6.92 Å². The molecular weight excluding hydrogens is 204 g/mol. The Morgan fingerprint density at radius 1 is 1.75 bits per heavy atom. The first kappa shape index (κ1) is 16.1. The summed E-state index contributed by atoms with van der Waals surface area (Å²) >= 11 is 0. The molecule has 0 aliphatic heterocycles. The Morgan fingerprint density at radius 2 is 2.12 bits per heavy atom. The second kappa shape index (κ2) is 11.1. The zero-order valence-corrected chi connectivity index (χ0v) is 8.89. The first-order chi connectivity index (χ1) is 2.77. The topological polar surface area (TPSA) is 46.5 Å². The van der Waals surface area contributed by atoms with Gasteiger partial charge in [0.05, 0.1) is 6.61 Å². The van der Waals surface area contributed by atoms with Crippen LogP contribution in [-0.2, 0) is 41.8 Å². The summed E-state index contributed by atoms with van der Waals surface area (Å²) < 4.78 is 13.7. The normalized spacial score (nSPS) is 10.8. The predicted molar refractivity (Wildman–Crippen MR) is 29.3 cm³/mol. The van der Waals surface area contributed by atoms with E-state index in [0.717, 1.165) is 0 Å². The van der Waals surface area contributed by atoms with E-state index in [0.29, 0.717) is 6.61 Å². The summed E-state index contributed by atoms with van der Waals surface area (Å²) in [6.07, 6.45) is 0. The minimum absolute atomic E-state index is 0. The minimum atomic E-state index is -2.64. The maximum absolute atomic E-state index is 9.56. The van der Waals surface area contributed by atoms with E-state index >= 15 is 0 Å².